The third kappa shape index (κ3) is 6.58. The summed E-state index contributed by atoms with van der Waals surface area (Å²) in [6, 6.07) is 8.02. The Morgan fingerprint density at radius 1 is 0.941 bits per heavy atom. The van der Waals surface area contributed by atoms with Crippen molar-refractivity contribution >= 4 is 11.6 Å². The zero-order valence-electron chi connectivity index (χ0n) is 10.8. The van der Waals surface area contributed by atoms with E-state index in [1.807, 2.05) is 24.3 Å². The van der Waals surface area contributed by atoms with Gasteiger partial charge in [0.1, 0.15) is 5.75 Å². The van der Waals surface area contributed by atoms with Crippen LogP contribution in [0.4, 0.5) is 0 Å². The Bertz CT molecular complexity index is 281. The number of ether oxygens (including phenoxy) is 1. The molecule has 0 N–H and O–H groups in total. The molecular formula is C15H23ClO. The molecule has 1 aromatic rings. The summed E-state index contributed by atoms with van der Waals surface area (Å²) in [6.45, 7) is 3.07. The van der Waals surface area contributed by atoms with Crippen molar-refractivity contribution < 1.29 is 4.74 Å². The Balaban J connectivity index is 2.05. The standard InChI is InChI=1S/C15H23ClO/c1-2-3-4-5-6-7-12-17-15-10-8-14(13-16)9-11-15/h8-11H,2-7,12-13H2,1H3. The van der Waals surface area contributed by atoms with E-state index in [1.54, 1.807) is 0 Å². The number of unbranched alkanes of at least 4 members (excludes halogenated alkanes) is 5. The Kier molecular flexibility index (Phi) is 7.91. The Morgan fingerprint density at radius 2 is 1.59 bits per heavy atom. The van der Waals surface area contributed by atoms with Crippen LogP contribution in [0.5, 0.6) is 5.75 Å². The van der Waals surface area contributed by atoms with Crippen molar-refractivity contribution in [3.05, 3.63) is 29.8 Å². The van der Waals surface area contributed by atoms with Gasteiger partial charge in [0.2, 0.25) is 0 Å². The quantitative estimate of drug-likeness (QED) is 0.437. The number of hydrogen-bond acceptors (Lipinski definition) is 1. The fraction of sp³-hybridized carbons (Fsp3) is 0.600. The number of rotatable bonds is 9. The van der Waals surface area contributed by atoms with E-state index < -0.39 is 0 Å². The van der Waals surface area contributed by atoms with Crippen LogP contribution in [0.3, 0.4) is 0 Å². The predicted molar refractivity (Wildman–Crippen MR) is 74.9 cm³/mol. The van der Waals surface area contributed by atoms with Crippen molar-refractivity contribution in [1.29, 1.82) is 0 Å². The molecule has 0 fully saturated rings. The molecule has 0 aromatic heterocycles. The highest BCUT2D eigenvalue weighted by Gasteiger charge is 1.95. The van der Waals surface area contributed by atoms with Crippen molar-refractivity contribution in [3.8, 4) is 5.75 Å². The lowest BCUT2D eigenvalue weighted by molar-refractivity contribution is 0.304. The molecule has 1 aromatic carbocycles. The molecule has 1 nitrogen and oxygen atoms in total. The summed E-state index contributed by atoms with van der Waals surface area (Å²) >= 11 is 5.73. The van der Waals surface area contributed by atoms with Gasteiger partial charge in [-0.15, -0.1) is 11.6 Å². The molecule has 0 bridgehead atoms. The highest BCUT2D eigenvalue weighted by molar-refractivity contribution is 6.17. The Hall–Kier alpha value is -0.690. The van der Waals surface area contributed by atoms with Gasteiger partial charge in [-0.25, -0.2) is 0 Å². The number of alkyl halides is 1. The molecule has 0 atom stereocenters. The number of benzene rings is 1. The number of hydrogen-bond donors (Lipinski definition) is 0. The van der Waals surface area contributed by atoms with Gasteiger partial charge in [0.25, 0.3) is 0 Å². The van der Waals surface area contributed by atoms with Crippen molar-refractivity contribution in [2.24, 2.45) is 0 Å². The molecule has 1 rings (SSSR count). The molecule has 0 aliphatic rings. The maximum absolute atomic E-state index is 5.73. The number of halogens is 1. The first-order valence-electron chi connectivity index (χ1n) is 6.64. The van der Waals surface area contributed by atoms with E-state index >= 15 is 0 Å². The molecule has 0 heterocycles. The van der Waals surface area contributed by atoms with Gasteiger partial charge in [-0.3, -0.25) is 0 Å². The summed E-state index contributed by atoms with van der Waals surface area (Å²) < 4.78 is 5.67. The Labute approximate surface area is 110 Å². The second-order valence-corrected chi connectivity index (χ2v) is 4.66. The van der Waals surface area contributed by atoms with Crippen molar-refractivity contribution in [1.82, 2.24) is 0 Å². The van der Waals surface area contributed by atoms with E-state index in [9.17, 15) is 0 Å². The molecule has 0 unspecified atom stereocenters. The average molecular weight is 255 g/mol. The van der Waals surface area contributed by atoms with Crippen LogP contribution in [0.25, 0.3) is 0 Å². The van der Waals surface area contributed by atoms with Crippen LogP contribution >= 0.6 is 11.6 Å². The lowest BCUT2D eigenvalue weighted by Gasteiger charge is -2.06. The van der Waals surface area contributed by atoms with Crippen molar-refractivity contribution in [3.63, 3.8) is 0 Å². The average Bonchev–Trinajstić information content (AvgIpc) is 2.38. The van der Waals surface area contributed by atoms with E-state index in [0.717, 1.165) is 24.3 Å². The van der Waals surface area contributed by atoms with E-state index in [4.69, 9.17) is 16.3 Å². The summed E-state index contributed by atoms with van der Waals surface area (Å²) in [5.41, 5.74) is 1.14. The molecule has 0 saturated carbocycles. The van der Waals surface area contributed by atoms with Gasteiger partial charge < -0.3 is 4.74 Å². The minimum Gasteiger partial charge on any atom is -0.494 e. The summed E-state index contributed by atoms with van der Waals surface area (Å²) in [6.07, 6.45) is 7.80. The van der Waals surface area contributed by atoms with Crippen LogP contribution in [-0.4, -0.2) is 6.61 Å². The molecule has 0 spiro atoms. The molecular weight excluding hydrogens is 232 g/mol. The highest BCUT2D eigenvalue weighted by atomic mass is 35.5. The van der Waals surface area contributed by atoms with Crippen LogP contribution in [0.1, 0.15) is 51.0 Å². The molecule has 96 valence electrons. The molecule has 0 aliphatic heterocycles. The van der Waals surface area contributed by atoms with E-state index in [1.165, 1.54) is 32.1 Å². The lowest BCUT2D eigenvalue weighted by atomic mass is 10.1. The third-order valence-electron chi connectivity index (χ3n) is 2.84. The highest BCUT2D eigenvalue weighted by Crippen LogP contribution is 2.14. The van der Waals surface area contributed by atoms with Gasteiger partial charge in [-0.05, 0) is 24.1 Å². The molecule has 2 heteroatoms. The van der Waals surface area contributed by atoms with Crippen LogP contribution < -0.4 is 4.74 Å². The molecule has 0 amide bonds. The first-order chi connectivity index (χ1) is 8.36. The zero-order valence-corrected chi connectivity index (χ0v) is 11.5. The fourth-order valence-corrected chi connectivity index (χ4v) is 1.93. The van der Waals surface area contributed by atoms with Gasteiger partial charge in [0.15, 0.2) is 0 Å². The van der Waals surface area contributed by atoms with Crippen molar-refractivity contribution in [2.75, 3.05) is 6.61 Å². The molecule has 17 heavy (non-hydrogen) atoms. The normalized spacial score (nSPS) is 10.5. The lowest BCUT2D eigenvalue weighted by Crippen LogP contribution is -1.97. The molecule has 0 radical (unpaired) electrons. The molecule has 0 aliphatic carbocycles. The minimum atomic E-state index is 0.567. The first-order valence-corrected chi connectivity index (χ1v) is 7.18. The summed E-state index contributed by atoms with van der Waals surface area (Å²) in [5, 5.41) is 0. The fourth-order valence-electron chi connectivity index (χ4n) is 1.75. The van der Waals surface area contributed by atoms with Gasteiger partial charge in [0.05, 0.1) is 6.61 Å². The first kappa shape index (κ1) is 14.4. The summed E-state index contributed by atoms with van der Waals surface area (Å²) in [7, 11) is 0. The topological polar surface area (TPSA) is 9.23 Å². The van der Waals surface area contributed by atoms with E-state index in [0.29, 0.717) is 5.88 Å². The maximum atomic E-state index is 5.73. The van der Waals surface area contributed by atoms with Gasteiger partial charge in [0, 0.05) is 5.88 Å². The largest absolute Gasteiger partial charge is 0.494 e. The smallest absolute Gasteiger partial charge is 0.119 e. The van der Waals surface area contributed by atoms with Crippen LogP contribution in [0.2, 0.25) is 0 Å². The SMILES string of the molecule is CCCCCCCCOc1ccc(CCl)cc1. The van der Waals surface area contributed by atoms with Crippen LogP contribution in [0, 0.1) is 0 Å². The monoisotopic (exact) mass is 254 g/mol. The minimum absolute atomic E-state index is 0.567. The van der Waals surface area contributed by atoms with Gasteiger partial charge in [-0.1, -0.05) is 51.2 Å². The van der Waals surface area contributed by atoms with Crippen LogP contribution in [-0.2, 0) is 5.88 Å². The maximum Gasteiger partial charge on any atom is 0.119 e. The molecule has 0 saturated heterocycles. The Morgan fingerprint density at radius 3 is 2.24 bits per heavy atom. The van der Waals surface area contributed by atoms with Gasteiger partial charge >= 0.3 is 0 Å². The van der Waals surface area contributed by atoms with Crippen molar-refractivity contribution in [2.45, 2.75) is 51.3 Å². The van der Waals surface area contributed by atoms with E-state index in [2.05, 4.69) is 6.92 Å². The predicted octanol–water partition coefficient (Wildman–Crippen LogP) is 5.16. The van der Waals surface area contributed by atoms with Crippen LogP contribution in [0.15, 0.2) is 24.3 Å². The zero-order chi connectivity index (χ0) is 12.3. The summed E-state index contributed by atoms with van der Waals surface area (Å²) in [4.78, 5) is 0. The van der Waals surface area contributed by atoms with E-state index in [-0.39, 0.29) is 0 Å². The second kappa shape index (κ2) is 9.35. The second-order valence-electron chi connectivity index (χ2n) is 4.39. The summed E-state index contributed by atoms with van der Waals surface area (Å²) in [5.74, 6) is 1.52. The third-order valence-corrected chi connectivity index (χ3v) is 3.15. The van der Waals surface area contributed by atoms with Gasteiger partial charge in [-0.2, -0.15) is 0 Å².